The topological polar surface area (TPSA) is 425 Å². The van der Waals surface area contributed by atoms with Gasteiger partial charge in [-0.15, -0.1) is 0 Å². The number of benzene rings is 6. The first-order chi connectivity index (χ1) is 49.7. The Bertz CT molecular complexity index is 4520. The molecular weight excluding hydrogens is 1400 g/mol. The quantitative estimate of drug-likeness (QED) is 0.0200. The third-order valence-electron chi connectivity index (χ3n) is 16.4. The number of ether oxygens (including phenoxy) is 8. The van der Waals surface area contributed by atoms with Crippen molar-refractivity contribution in [3.63, 3.8) is 0 Å². The van der Waals surface area contributed by atoms with Crippen molar-refractivity contribution in [3.05, 3.63) is 219 Å². The van der Waals surface area contributed by atoms with Crippen LogP contribution >= 0.6 is 23.5 Å². The van der Waals surface area contributed by atoms with Crippen molar-refractivity contribution in [1.29, 1.82) is 0 Å². The Morgan fingerprint density at radius 1 is 0.442 bits per heavy atom. The van der Waals surface area contributed by atoms with Crippen LogP contribution in [0.3, 0.4) is 0 Å². The highest BCUT2D eigenvalue weighted by atomic mass is 32.2. The number of carbonyl (C=O) groups excluding carboxylic acids is 6. The molecule has 0 aliphatic carbocycles. The molecule has 0 bridgehead atoms. The Balaban J connectivity index is 0.000000208. The molecule has 0 saturated carbocycles. The second-order valence-electron chi connectivity index (χ2n) is 23.3. The molecule has 2 saturated heterocycles. The Labute approximate surface area is 594 Å². The number of rotatable bonds is 22. The van der Waals surface area contributed by atoms with Gasteiger partial charge in [0.2, 0.25) is 11.9 Å². The van der Waals surface area contributed by atoms with E-state index in [1.807, 2.05) is 0 Å². The van der Waals surface area contributed by atoms with E-state index < -0.39 is 141 Å². The molecule has 36 heteroatoms. The third-order valence-corrected chi connectivity index (χ3v) is 18.4. The Morgan fingerprint density at radius 3 is 1.03 bits per heavy atom. The zero-order valence-electron chi connectivity index (χ0n) is 55.3. The zero-order valence-corrected chi connectivity index (χ0v) is 56.9. The van der Waals surface area contributed by atoms with Crippen molar-refractivity contribution in [2.75, 3.05) is 23.0 Å². The number of non-ortho nitro benzene ring substituents is 4. The first-order valence-corrected chi connectivity index (χ1v) is 32.9. The molecule has 0 amide bonds. The smallest absolute Gasteiger partial charge is 0.303 e. The highest BCUT2D eigenvalue weighted by molar-refractivity contribution is 7.99. The molecule has 4 aliphatic heterocycles. The molecule has 10 atom stereocenters. The van der Waals surface area contributed by atoms with Gasteiger partial charge in [-0.3, -0.25) is 97.7 Å². The minimum atomic E-state index is -1.31. The summed E-state index contributed by atoms with van der Waals surface area (Å²) in [5.41, 5.74) is 0.0530. The van der Waals surface area contributed by atoms with Crippen LogP contribution in [0.1, 0.15) is 53.6 Å². The summed E-state index contributed by atoms with van der Waals surface area (Å²) in [5.74, 6) is -4.30. The normalized spacial score (nSPS) is 19.2. The van der Waals surface area contributed by atoms with Crippen LogP contribution in [-0.2, 0) is 66.7 Å². The number of fused-ring (bicyclic) bond motifs is 6. The summed E-state index contributed by atoms with van der Waals surface area (Å²) in [4.78, 5) is 160. The summed E-state index contributed by atoms with van der Waals surface area (Å²) in [6.07, 6.45) is -10.1. The summed E-state index contributed by atoms with van der Waals surface area (Å²) >= 11 is 2.16. The number of hydrogen-bond acceptors (Lipinski definition) is 30. The first kappa shape index (κ1) is 73.0. The van der Waals surface area contributed by atoms with E-state index in [1.165, 1.54) is 116 Å². The van der Waals surface area contributed by atoms with E-state index in [2.05, 4.69) is 0 Å². The van der Waals surface area contributed by atoms with Crippen LogP contribution in [0, 0.1) is 40.5 Å². The van der Waals surface area contributed by atoms with Gasteiger partial charge >= 0.3 is 35.8 Å². The van der Waals surface area contributed by atoms with E-state index in [9.17, 15) is 78.8 Å². The van der Waals surface area contributed by atoms with Crippen LogP contribution in [0.25, 0.3) is 22.3 Å². The summed E-state index contributed by atoms with van der Waals surface area (Å²) in [7, 11) is 0. The SMILES string of the molecule is CC(=O)OC[C@@H](OC(C)=O)[C@H]1O[C@H]2[C@@H]([C@H]1OC(C)=O)n1c(nc(Sc3ccc([N+](=O)[O-])cc3)c(-c3ccccc3)c1=O)N2c1ccc([N+](=O)[O-])cc1.CC(=O)OC[C@@H](OC(C)=O)[C@H]1O[C@H]2[C@@H]([C@H]1OC(C)=O)n1c(nc(Sc3ccc([N+](=O)[O-])cc3)c(-c3ccccc3)c1=O)N2c1ccc([N+](=O)[O-])cc1. The monoisotopic (exact) mass is 1460 g/mol. The lowest BCUT2D eigenvalue weighted by Gasteiger charge is -2.30. The van der Waals surface area contributed by atoms with Crippen LogP contribution in [0.4, 0.5) is 46.0 Å². The number of carbonyl (C=O) groups is 6. The molecule has 6 aromatic carbocycles. The van der Waals surface area contributed by atoms with Gasteiger partial charge in [-0.05, 0) is 59.7 Å². The number of nitro benzene ring substituents is 4. The number of aromatic nitrogens is 4. The minimum absolute atomic E-state index is 0.0255. The highest BCUT2D eigenvalue weighted by Gasteiger charge is 2.61. The fourth-order valence-corrected chi connectivity index (χ4v) is 14.1. The number of esters is 6. The molecular formula is C68H58N10O24S2. The molecule has 8 aromatic rings. The average molecular weight is 1460 g/mol. The van der Waals surface area contributed by atoms with Crippen molar-refractivity contribution in [2.45, 2.75) is 123 Å². The van der Waals surface area contributed by atoms with Gasteiger partial charge in [0.1, 0.15) is 47.6 Å². The zero-order chi connectivity index (χ0) is 74.5. The van der Waals surface area contributed by atoms with Gasteiger partial charge in [-0.2, -0.15) is 0 Å². The molecule has 6 heterocycles. The van der Waals surface area contributed by atoms with Crippen molar-refractivity contribution in [3.8, 4) is 22.3 Å². The van der Waals surface area contributed by atoms with Crippen LogP contribution in [0.5, 0.6) is 0 Å². The standard InChI is InChI=1S/2C34H29N5O12S/c2*1-18(40)48-17-26(49-19(2)41)29-30(50-20(3)42)28-33(51-29)36(22-9-11-23(12-10-22)38(44)45)34-35-31(52-25-15-13-24(14-16-25)39(46)47)27(32(43)37(28)34)21-7-5-4-6-8-21/h2*4-16,26,28-30,33H,17H2,1-3H3/t2*26-,28-,29-,30-,33+/m11/s1. The molecule has 104 heavy (non-hydrogen) atoms. The van der Waals surface area contributed by atoms with Crippen LogP contribution in [0.15, 0.2) is 187 Å². The molecule has 0 spiro atoms. The molecule has 12 rings (SSSR count). The van der Waals surface area contributed by atoms with E-state index in [4.69, 9.17) is 47.9 Å². The van der Waals surface area contributed by atoms with Gasteiger partial charge in [-0.25, -0.2) is 9.97 Å². The number of anilines is 4. The van der Waals surface area contributed by atoms with Crippen molar-refractivity contribution < 1.29 is 86.4 Å². The van der Waals surface area contributed by atoms with E-state index in [-0.39, 0.29) is 55.8 Å². The van der Waals surface area contributed by atoms with Gasteiger partial charge in [0.05, 0.1) is 30.8 Å². The maximum Gasteiger partial charge on any atom is 0.303 e. The second-order valence-corrected chi connectivity index (χ2v) is 25.4. The minimum Gasteiger partial charge on any atom is -0.462 e. The van der Waals surface area contributed by atoms with Crippen LogP contribution in [-0.4, -0.2) is 137 Å². The van der Waals surface area contributed by atoms with E-state index in [0.29, 0.717) is 32.3 Å². The van der Waals surface area contributed by atoms with Gasteiger partial charge in [0.15, 0.2) is 36.9 Å². The molecule has 34 nitrogen and oxygen atoms in total. The Morgan fingerprint density at radius 2 is 0.750 bits per heavy atom. The molecule has 536 valence electrons. The van der Waals surface area contributed by atoms with Gasteiger partial charge in [-0.1, -0.05) is 84.2 Å². The molecule has 0 N–H and O–H groups in total. The van der Waals surface area contributed by atoms with Crippen LogP contribution in [0.2, 0.25) is 0 Å². The third kappa shape index (κ3) is 15.5. The fraction of sp³-hybridized carbons (Fsp3) is 0.265. The van der Waals surface area contributed by atoms with E-state index in [0.717, 1.165) is 65.1 Å². The highest BCUT2D eigenvalue weighted by Crippen LogP contribution is 2.52. The number of nitro groups is 4. The van der Waals surface area contributed by atoms with Gasteiger partial charge in [0.25, 0.3) is 33.9 Å². The Kier molecular flexibility index (Phi) is 21.7. The van der Waals surface area contributed by atoms with Gasteiger partial charge < -0.3 is 37.9 Å². The predicted molar refractivity (Wildman–Crippen MR) is 364 cm³/mol. The lowest BCUT2D eigenvalue weighted by atomic mass is 10.0. The summed E-state index contributed by atoms with van der Waals surface area (Å²) in [5, 5.41) is 46.1. The van der Waals surface area contributed by atoms with E-state index >= 15 is 0 Å². The van der Waals surface area contributed by atoms with Crippen molar-refractivity contribution in [1.82, 2.24) is 19.1 Å². The summed E-state index contributed by atoms with van der Waals surface area (Å²) in [6, 6.07) is 37.2. The maximum absolute atomic E-state index is 14.9. The molecule has 0 unspecified atom stereocenters. The number of hydrogen-bond donors (Lipinski definition) is 0. The fourth-order valence-electron chi connectivity index (χ4n) is 12.3. The number of nitrogens with zero attached hydrogens (tertiary/aromatic N) is 10. The molecule has 2 aromatic heterocycles. The van der Waals surface area contributed by atoms with Crippen molar-refractivity contribution in [2.24, 2.45) is 0 Å². The lowest BCUT2D eigenvalue weighted by molar-refractivity contribution is -0.385. The second kappa shape index (κ2) is 30.9. The summed E-state index contributed by atoms with van der Waals surface area (Å²) in [6.45, 7) is 5.98. The average Bonchev–Trinajstić information content (AvgIpc) is 1.55. The summed E-state index contributed by atoms with van der Waals surface area (Å²) < 4.78 is 48.5. The molecule has 4 aliphatic rings. The predicted octanol–water partition coefficient (Wildman–Crippen LogP) is 9.44. The van der Waals surface area contributed by atoms with Gasteiger partial charge in [0, 0.05) is 111 Å². The first-order valence-electron chi connectivity index (χ1n) is 31.3. The van der Waals surface area contributed by atoms with E-state index in [1.54, 1.807) is 60.7 Å². The van der Waals surface area contributed by atoms with Crippen LogP contribution < -0.4 is 20.9 Å². The maximum atomic E-state index is 14.9. The molecule has 0 radical (unpaired) electrons. The Hall–Kier alpha value is -12.3. The molecule has 2 fully saturated rings. The largest absolute Gasteiger partial charge is 0.462 e. The van der Waals surface area contributed by atoms with Crippen molar-refractivity contribution >= 4 is 105 Å². The lowest BCUT2D eigenvalue weighted by Crippen LogP contribution is -2.46.